The van der Waals surface area contributed by atoms with Gasteiger partial charge in [-0.25, -0.2) is 14.3 Å². The molecule has 11 nitrogen and oxygen atoms in total. The molecule has 3 aromatic rings. The van der Waals surface area contributed by atoms with Gasteiger partial charge in [0.1, 0.15) is 5.69 Å². The van der Waals surface area contributed by atoms with E-state index in [0.29, 0.717) is 21.9 Å². The van der Waals surface area contributed by atoms with Crippen molar-refractivity contribution in [1.82, 2.24) is 24.4 Å². The van der Waals surface area contributed by atoms with Gasteiger partial charge in [0.15, 0.2) is 4.60 Å². The second-order valence-electron chi connectivity index (χ2n) is 7.60. The molecule has 0 aliphatic heterocycles. The van der Waals surface area contributed by atoms with Crippen LogP contribution < -0.4 is 16.4 Å². The van der Waals surface area contributed by atoms with Gasteiger partial charge in [-0.15, -0.1) is 5.10 Å². The number of carbonyl (C=O) groups excluding carboxylic acids is 1. The van der Waals surface area contributed by atoms with Crippen molar-refractivity contribution in [3.8, 4) is 0 Å². The predicted molar refractivity (Wildman–Crippen MR) is 119 cm³/mol. The third kappa shape index (κ3) is 6.22. The Labute approximate surface area is 199 Å². The molecule has 0 spiro atoms. The molecule has 184 valence electrons. The zero-order valence-electron chi connectivity index (χ0n) is 17.9. The van der Waals surface area contributed by atoms with Crippen LogP contribution in [0.2, 0.25) is 0 Å². The Kier molecular flexibility index (Phi) is 7.76. The van der Waals surface area contributed by atoms with Gasteiger partial charge >= 0.3 is 12.1 Å². The van der Waals surface area contributed by atoms with Crippen LogP contribution in [0.15, 0.2) is 29.1 Å². The number of alkyl halides is 3. The lowest BCUT2D eigenvalue weighted by Crippen LogP contribution is -2.43. The first kappa shape index (κ1) is 25.4. The smallest absolute Gasteiger partial charge is 0.475 e. The molecule has 3 aromatic heterocycles. The topological polar surface area (TPSA) is 152 Å². The maximum absolute atomic E-state index is 12.7. The van der Waals surface area contributed by atoms with Crippen LogP contribution in [-0.2, 0) is 11.8 Å². The lowest BCUT2D eigenvalue weighted by molar-refractivity contribution is -0.192. The van der Waals surface area contributed by atoms with Crippen LogP contribution >= 0.6 is 15.9 Å². The van der Waals surface area contributed by atoms with Gasteiger partial charge in [-0.2, -0.15) is 18.3 Å². The molecule has 3 heterocycles. The fourth-order valence-corrected chi connectivity index (χ4v) is 3.83. The van der Waals surface area contributed by atoms with Crippen molar-refractivity contribution < 1.29 is 27.9 Å². The highest BCUT2D eigenvalue weighted by Gasteiger charge is 2.38. The fraction of sp³-hybridized carbons (Fsp3) is 0.421. The Balaban J connectivity index is 0.000000406. The Bertz CT molecular complexity index is 1180. The summed E-state index contributed by atoms with van der Waals surface area (Å²) in [6, 6.07) is 3.77. The Morgan fingerprint density at radius 1 is 1.24 bits per heavy atom. The van der Waals surface area contributed by atoms with Gasteiger partial charge in [0.05, 0.1) is 17.4 Å². The molecule has 0 radical (unpaired) electrons. The SMILES string of the molecule is Cn1cc(NC(=O)c2ccc3cnc(N[C@@H]4CCCC[C@@H]4N)nn23)c(Br)n1.O=C(O)C(F)(F)F. The number of halogens is 4. The van der Waals surface area contributed by atoms with E-state index in [0.717, 1.165) is 31.2 Å². The van der Waals surface area contributed by atoms with Crippen LogP contribution in [0.1, 0.15) is 36.2 Å². The second kappa shape index (κ2) is 10.4. The van der Waals surface area contributed by atoms with Gasteiger partial charge in [0.25, 0.3) is 5.91 Å². The summed E-state index contributed by atoms with van der Waals surface area (Å²) < 4.78 is 35.5. The highest BCUT2D eigenvalue weighted by atomic mass is 79.9. The van der Waals surface area contributed by atoms with Crippen molar-refractivity contribution in [2.75, 3.05) is 10.6 Å². The highest BCUT2D eigenvalue weighted by molar-refractivity contribution is 9.10. The number of amides is 1. The number of hydrogen-bond donors (Lipinski definition) is 4. The number of fused-ring (bicyclic) bond motifs is 1. The molecule has 1 saturated carbocycles. The van der Waals surface area contributed by atoms with E-state index in [9.17, 15) is 18.0 Å². The summed E-state index contributed by atoms with van der Waals surface area (Å²) in [5.41, 5.74) is 7.95. The van der Waals surface area contributed by atoms with E-state index in [1.165, 1.54) is 0 Å². The standard InChI is InChI=1S/C17H21BrN8O.C2HF3O2/c1-25-9-13(15(18)23-25)21-16(27)14-7-6-10-8-20-17(24-26(10)14)22-12-5-3-2-4-11(12)19;3-2(4,5)1(6)7/h6-9,11-12H,2-5,19H2,1H3,(H,21,27)(H,22,24);(H,6,7)/t11-,12+;/m0./s1. The molecule has 0 aromatic carbocycles. The first-order chi connectivity index (χ1) is 16.0. The van der Waals surface area contributed by atoms with E-state index >= 15 is 0 Å². The minimum Gasteiger partial charge on any atom is -0.475 e. The summed E-state index contributed by atoms with van der Waals surface area (Å²) in [6.07, 6.45) is 2.63. The second-order valence-corrected chi connectivity index (χ2v) is 8.35. The molecule has 1 aliphatic carbocycles. The first-order valence-electron chi connectivity index (χ1n) is 10.1. The van der Waals surface area contributed by atoms with Gasteiger partial charge in [-0.3, -0.25) is 9.48 Å². The van der Waals surface area contributed by atoms with Crippen LogP contribution in [0, 0.1) is 0 Å². The maximum atomic E-state index is 12.7. The zero-order valence-corrected chi connectivity index (χ0v) is 19.5. The van der Waals surface area contributed by atoms with E-state index in [1.54, 1.807) is 34.7 Å². The molecule has 1 amide bonds. The van der Waals surface area contributed by atoms with E-state index in [-0.39, 0.29) is 18.0 Å². The summed E-state index contributed by atoms with van der Waals surface area (Å²) in [7, 11) is 1.79. The minimum absolute atomic E-state index is 0.0911. The normalized spacial score (nSPS) is 18.2. The molecule has 4 rings (SSSR count). The van der Waals surface area contributed by atoms with Crippen LogP contribution in [0.25, 0.3) is 5.52 Å². The van der Waals surface area contributed by atoms with Gasteiger partial charge in [-0.1, -0.05) is 12.8 Å². The summed E-state index contributed by atoms with van der Waals surface area (Å²) >= 11 is 3.33. The predicted octanol–water partition coefficient (Wildman–Crippen LogP) is 2.79. The molecule has 1 aliphatic rings. The molecule has 34 heavy (non-hydrogen) atoms. The van der Waals surface area contributed by atoms with Gasteiger partial charge in [-0.05, 0) is 40.9 Å². The van der Waals surface area contributed by atoms with E-state index in [1.807, 2.05) is 6.07 Å². The third-order valence-corrected chi connectivity index (χ3v) is 5.63. The van der Waals surface area contributed by atoms with Crippen molar-refractivity contribution in [1.29, 1.82) is 0 Å². The Morgan fingerprint density at radius 2 is 1.91 bits per heavy atom. The quantitative estimate of drug-likeness (QED) is 0.389. The molecule has 0 saturated heterocycles. The molecule has 15 heteroatoms. The fourth-order valence-electron chi connectivity index (χ4n) is 3.38. The first-order valence-corrected chi connectivity index (χ1v) is 10.9. The van der Waals surface area contributed by atoms with E-state index in [4.69, 9.17) is 15.6 Å². The number of nitrogens with zero attached hydrogens (tertiary/aromatic N) is 5. The van der Waals surface area contributed by atoms with Crippen molar-refractivity contribution in [3.05, 3.63) is 34.8 Å². The lowest BCUT2D eigenvalue weighted by Gasteiger charge is -2.29. The zero-order chi connectivity index (χ0) is 25.0. The monoisotopic (exact) mass is 546 g/mol. The number of aromatic nitrogens is 5. The lowest BCUT2D eigenvalue weighted by atomic mass is 9.91. The summed E-state index contributed by atoms with van der Waals surface area (Å²) in [5, 5.41) is 21.9. The summed E-state index contributed by atoms with van der Waals surface area (Å²) in [5.74, 6) is -2.56. The maximum Gasteiger partial charge on any atom is 0.490 e. The average molecular weight is 547 g/mol. The number of hydrogen-bond acceptors (Lipinski definition) is 7. The van der Waals surface area contributed by atoms with Crippen molar-refractivity contribution in [2.24, 2.45) is 12.8 Å². The van der Waals surface area contributed by atoms with Crippen molar-refractivity contribution in [3.63, 3.8) is 0 Å². The van der Waals surface area contributed by atoms with Crippen LogP contribution in [0.4, 0.5) is 24.8 Å². The average Bonchev–Trinajstić information content (AvgIpc) is 3.31. The number of aryl methyl sites for hydroxylation is 1. The summed E-state index contributed by atoms with van der Waals surface area (Å²) in [6.45, 7) is 0. The largest absolute Gasteiger partial charge is 0.490 e. The van der Waals surface area contributed by atoms with Crippen LogP contribution in [0.5, 0.6) is 0 Å². The van der Waals surface area contributed by atoms with E-state index < -0.39 is 12.1 Å². The number of aliphatic carboxylic acids is 1. The minimum atomic E-state index is -5.08. The molecule has 5 N–H and O–H groups in total. The van der Waals surface area contributed by atoms with Gasteiger partial charge < -0.3 is 21.5 Å². The molecule has 2 atom stereocenters. The number of anilines is 2. The summed E-state index contributed by atoms with van der Waals surface area (Å²) in [4.78, 5) is 26.0. The molecule has 1 fully saturated rings. The molecule has 0 unspecified atom stereocenters. The molecular formula is C19H22BrF3N8O3. The Hall–Kier alpha value is -3.20. The number of carboxylic acids is 1. The number of carbonyl (C=O) groups is 2. The third-order valence-electron chi connectivity index (χ3n) is 5.04. The number of rotatable bonds is 4. The van der Waals surface area contributed by atoms with Crippen LogP contribution in [-0.4, -0.2) is 59.6 Å². The van der Waals surface area contributed by atoms with Crippen molar-refractivity contribution >= 4 is 45.0 Å². The number of nitrogens with one attached hydrogen (secondary N) is 2. The van der Waals surface area contributed by atoms with Crippen LogP contribution in [0.3, 0.4) is 0 Å². The molecular weight excluding hydrogens is 525 g/mol. The van der Waals surface area contributed by atoms with Gasteiger partial charge in [0, 0.05) is 25.3 Å². The van der Waals surface area contributed by atoms with E-state index in [2.05, 4.69) is 41.7 Å². The Morgan fingerprint density at radius 3 is 2.50 bits per heavy atom. The molecule has 0 bridgehead atoms. The van der Waals surface area contributed by atoms with Crippen molar-refractivity contribution in [2.45, 2.75) is 43.9 Å². The van der Waals surface area contributed by atoms with Gasteiger partial charge in [0.2, 0.25) is 5.95 Å². The number of nitrogens with two attached hydrogens (primary N) is 1. The number of carboxylic acid groups (broad SMARTS) is 1. The highest BCUT2D eigenvalue weighted by Crippen LogP contribution is 2.22.